The minimum Gasteiger partial charge on any atom is -0.309 e. The van der Waals surface area contributed by atoms with E-state index < -0.39 is 23.9 Å². The van der Waals surface area contributed by atoms with Gasteiger partial charge >= 0.3 is 11.4 Å². The average molecular weight is 216 g/mol. The Balaban J connectivity index is 2.38. The van der Waals surface area contributed by atoms with Crippen LogP contribution in [-0.4, -0.2) is 26.3 Å². The van der Waals surface area contributed by atoms with Gasteiger partial charge < -0.3 is 5.32 Å². The van der Waals surface area contributed by atoms with Crippen molar-refractivity contribution in [2.45, 2.75) is 0 Å². The number of nitrogens with one attached hydrogen (secondary N) is 1. The van der Waals surface area contributed by atoms with Crippen molar-refractivity contribution in [1.29, 1.82) is 0 Å². The number of carbonyl (C=O) groups excluding carboxylic acids is 1. The van der Waals surface area contributed by atoms with E-state index in [0.29, 0.717) is 5.82 Å². The maximum Gasteiger partial charge on any atom is 0.302 e. The summed E-state index contributed by atoms with van der Waals surface area (Å²) in [6.45, 7) is -0.486. The summed E-state index contributed by atoms with van der Waals surface area (Å²) in [4.78, 5) is 14.8. The lowest BCUT2D eigenvalue weighted by Crippen LogP contribution is -2.19. The van der Waals surface area contributed by atoms with E-state index in [1.54, 1.807) is 18.2 Å². The van der Waals surface area contributed by atoms with Crippen molar-refractivity contribution in [2.75, 3.05) is 11.9 Å². The zero-order chi connectivity index (χ0) is 10.4. The third-order valence-electron chi connectivity index (χ3n) is 1.22. The summed E-state index contributed by atoms with van der Waals surface area (Å²) in [6, 6.07) is 5.00. The van der Waals surface area contributed by atoms with Crippen LogP contribution in [-0.2, 0) is 20.3 Å². The van der Waals surface area contributed by atoms with Crippen LogP contribution in [0.1, 0.15) is 0 Å². The molecule has 2 N–H and O–H groups in total. The quantitative estimate of drug-likeness (QED) is 0.700. The molecular formula is C7H8N2O4S. The number of hydrogen-bond acceptors (Lipinski definition) is 4. The van der Waals surface area contributed by atoms with Crippen LogP contribution < -0.4 is 5.32 Å². The second-order valence-electron chi connectivity index (χ2n) is 2.24. The van der Waals surface area contributed by atoms with Crippen LogP contribution >= 0.6 is 0 Å². The fourth-order valence-corrected chi connectivity index (χ4v) is 0.927. The van der Waals surface area contributed by atoms with Gasteiger partial charge in [-0.05, 0) is 12.1 Å². The predicted octanol–water partition coefficient (Wildman–Crippen LogP) is 0.173. The second kappa shape index (κ2) is 5.43. The fourth-order valence-electron chi connectivity index (χ4n) is 0.720. The first-order valence-electron chi connectivity index (χ1n) is 3.63. The molecule has 0 aliphatic rings. The highest BCUT2D eigenvalue weighted by Gasteiger charge is 2.04. The number of hydrogen-bond donors (Lipinski definition) is 2. The Labute approximate surface area is 82.8 Å². The number of nitrogens with zero attached hydrogens (tertiary/aromatic N) is 1. The molecule has 0 aliphatic heterocycles. The average Bonchev–Trinajstić information content (AvgIpc) is 2.16. The highest BCUT2D eigenvalue weighted by molar-refractivity contribution is 7.74. The van der Waals surface area contributed by atoms with Crippen LogP contribution in [0, 0.1) is 0 Å². The zero-order valence-corrected chi connectivity index (χ0v) is 7.86. The first-order valence-corrected chi connectivity index (χ1v) is 4.66. The normalized spacial score (nSPS) is 12.1. The molecule has 1 unspecified atom stereocenters. The van der Waals surface area contributed by atoms with Gasteiger partial charge in [-0.15, -0.1) is 0 Å². The number of pyridine rings is 1. The van der Waals surface area contributed by atoms with Crippen LogP contribution in [0.5, 0.6) is 0 Å². The molecule has 0 spiro atoms. The Morgan fingerprint density at radius 1 is 1.64 bits per heavy atom. The van der Waals surface area contributed by atoms with E-state index in [1.807, 2.05) is 0 Å². The molecule has 0 aliphatic carbocycles. The first-order chi connectivity index (χ1) is 6.68. The highest BCUT2D eigenvalue weighted by atomic mass is 32.2. The monoisotopic (exact) mass is 216 g/mol. The molecule has 1 rings (SSSR count). The second-order valence-corrected chi connectivity index (χ2v) is 2.91. The third kappa shape index (κ3) is 4.08. The lowest BCUT2D eigenvalue weighted by molar-refractivity contribution is -0.118. The molecule has 0 aromatic carbocycles. The highest BCUT2D eigenvalue weighted by Crippen LogP contribution is 1.99. The van der Waals surface area contributed by atoms with Crippen molar-refractivity contribution >= 4 is 23.1 Å². The summed E-state index contributed by atoms with van der Waals surface area (Å²) in [5.41, 5.74) is 0. The van der Waals surface area contributed by atoms with E-state index >= 15 is 0 Å². The molecule has 7 heteroatoms. The molecule has 76 valence electrons. The molecule has 1 heterocycles. The molecule has 1 aromatic heterocycles. The fraction of sp³-hybridized carbons (Fsp3) is 0.143. The number of amides is 1. The van der Waals surface area contributed by atoms with E-state index in [-0.39, 0.29) is 0 Å². The number of carbonyl (C=O) groups is 1. The standard InChI is InChI=1S/C7H8N2O4S/c10-7(5-13-14(11)12)9-6-3-1-2-4-8-6/h1-4H,5H2,(H,11,12)(H,8,9,10). The van der Waals surface area contributed by atoms with Gasteiger partial charge in [0.15, 0.2) is 0 Å². The number of anilines is 1. The van der Waals surface area contributed by atoms with E-state index in [9.17, 15) is 9.00 Å². The van der Waals surface area contributed by atoms with Crippen LogP contribution in [0.4, 0.5) is 5.82 Å². The van der Waals surface area contributed by atoms with Gasteiger partial charge in [-0.25, -0.2) is 4.98 Å². The van der Waals surface area contributed by atoms with Crippen molar-refractivity contribution in [3.63, 3.8) is 0 Å². The Kier molecular flexibility index (Phi) is 4.17. The molecule has 1 amide bonds. The van der Waals surface area contributed by atoms with Crippen LogP contribution in [0.15, 0.2) is 24.4 Å². The topological polar surface area (TPSA) is 88.5 Å². The van der Waals surface area contributed by atoms with Gasteiger partial charge in [0.2, 0.25) is 0 Å². The lowest BCUT2D eigenvalue weighted by atomic mass is 10.4. The Morgan fingerprint density at radius 3 is 3.00 bits per heavy atom. The van der Waals surface area contributed by atoms with Gasteiger partial charge in [-0.3, -0.25) is 13.5 Å². The van der Waals surface area contributed by atoms with E-state index in [0.717, 1.165) is 0 Å². The van der Waals surface area contributed by atoms with Crippen molar-refractivity contribution in [1.82, 2.24) is 4.98 Å². The van der Waals surface area contributed by atoms with Gasteiger partial charge in [0, 0.05) is 6.20 Å². The Hall–Kier alpha value is -1.31. The molecule has 6 nitrogen and oxygen atoms in total. The summed E-state index contributed by atoms with van der Waals surface area (Å²) in [5.74, 6) is -0.170. The van der Waals surface area contributed by atoms with Crippen molar-refractivity contribution in [3.05, 3.63) is 24.4 Å². The molecule has 1 atom stereocenters. The minimum absolute atomic E-state index is 0.366. The summed E-state index contributed by atoms with van der Waals surface area (Å²) in [5, 5.41) is 2.38. The smallest absolute Gasteiger partial charge is 0.302 e. The third-order valence-corrected chi connectivity index (χ3v) is 1.54. The van der Waals surface area contributed by atoms with Crippen LogP contribution in [0.25, 0.3) is 0 Å². The molecule has 1 aromatic rings. The summed E-state index contributed by atoms with van der Waals surface area (Å²) in [7, 11) is 0. The van der Waals surface area contributed by atoms with Gasteiger partial charge in [0.25, 0.3) is 5.91 Å². The van der Waals surface area contributed by atoms with E-state index in [4.69, 9.17) is 4.55 Å². The largest absolute Gasteiger partial charge is 0.309 e. The van der Waals surface area contributed by atoms with Gasteiger partial charge in [0.05, 0.1) is 0 Å². The molecule has 0 saturated carbocycles. The summed E-state index contributed by atoms with van der Waals surface area (Å²) < 4.78 is 22.4. The lowest BCUT2D eigenvalue weighted by Gasteiger charge is -2.01. The van der Waals surface area contributed by atoms with Crippen molar-refractivity contribution in [2.24, 2.45) is 0 Å². The van der Waals surface area contributed by atoms with E-state index in [2.05, 4.69) is 14.5 Å². The minimum atomic E-state index is -2.43. The molecule has 0 fully saturated rings. The Morgan fingerprint density at radius 2 is 2.43 bits per heavy atom. The molecule has 14 heavy (non-hydrogen) atoms. The van der Waals surface area contributed by atoms with Crippen molar-refractivity contribution in [3.8, 4) is 0 Å². The molecule has 0 bridgehead atoms. The van der Waals surface area contributed by atoms with E-state index in [1.165, 1.54) is 6.20 Å². The number of aromatic nitrogens is 1. The zero-order valence-electron chi connectivity index (χ0n) is 7.04. The van der Waals surface area contributed by atoms with Crippen LogP contribution in [0.3, 0.4) is 0 Å². The van der Waals surface area contributed by atoms with Gasteiger partial charge in [-0.2, -0.15) is 4.21 Å². The molecule has 0 radical (unpaired) electrons. The van der Waals surface area contributed by atoms with Gasteiger partial charge in [0.1, 0.15) is 12.4 Å². The maximum atomic E-state index is 11.0. The summed E-state index contributed by atoms with van der Waals surface area (Å²) >= 11 is -2.43. The molecule has 0 saturated heterocycles. The molecular weight excluding hydrogens is 208 g/mol. The predicted molar refractivity (Wildman–Crippen MR) is 49.6 cm³/mol. The SMILES string of the molecule is O=C(COS(=O)O)Nc1ccccn1. The summed E-state index contributed by atoms with van der Waals surface area (Å²) in [6.07, 6.45) is 1.51. The van der Waals surface area contributed by atoms with Gasteiger partial charge in [-0.1, -0.05) is 6.07 Å². The maximum absolute atomic E-state index is 11.0. The number of rotatable bonds is 4. The van der Waals surface area contributed by atoms with Crippen molar-refractivity contribution < 1.29 is 17.7 Å². The van der Waals surface area contributed by atoms with Crippen LogP contribution in [0.2, 0.25) is 0 Å². The first kappa shape index (κ1) is 10.8. The Bertz CT molecular complexity index is 330.